The first-order valence-corrected chi connectivity index (χ1v) is 6.89. The van der Waals surface area contributed by atoms with E-state index in [-0.39, 0.29) is 6.04 Å². The van der Waals surface area contributed by atoms with Gasteiger partial charge < -0.3 is 9.32 Å². The lowest BCUT2D eigenvalue weighted by Gasteiger charge is -2.23. The molecular formula is C13H15Cl2N3O. The highest BCUT2D eigenvalue weighted by molar-refractivity contribution is 6.30. The van der Waals surface area contributed by atoms with E-state index in [0.29, 0.717) is 24.2 Å². The summed E-state index contributed by atoms with van der Waals surface area (Å²) in [7, 11) is 1.91. The molecule has 0 spiro atoms. The quantitative estimate of drug-likeness (QED) is 0.790. The van der Waals surface area contributed by atoms with Crippen molar-refractivity contribution in [3.8, 4) is 0 Å². The number of anilines is 1. The van der Waals surface area contributed by atoms with Gasteiger partial charge in [-0.15, -0.1) is 16.7 Å². The Balaban J connectivity index is 2.13. The Kier molecular flexibility index (Phi) is 4.66. The van der Waals surface area contributed by atoms with Crippen LogP contribution in [0.5, 0.6) is 0 Å². The number of nitrogens with zero attached hydrogens (tertiary/aromatic N) is 3. The molecule has 0 saturated heterocycles. The van der Waals surface area contributed by atoms with E-state index in [4.69, 9.17) is 27.6 Å². The van der Waals surface area contributed by atoms with Crippen LogP contribution in [0.15, 0.2) is 28.7 Å². The first-order valence-electron chi connectivity index (χ1n) is 5.98. The maximum Gasteiger partial charge on any atom is 0.318 e. The molecule has 0 aliphatic rings. The van der Waals surface area contributed by atoms with Crippen LogP contribution in [0.1, 0.15) is 24.4 Å². The third kappa shape index (κ3) is 3.39. The fourth-order valence-electron chi connectivity index (χ4n) is 1.70. The van der Waals surface area contributed by atoms with E-state index >= 15 is 0 Å². The van der Waals surface area contributed by atoms with Gasteiger partial charge in [-0.25, -0.2) is 0 Å². The second-order valence-electron chi connectivity index (χ2n) is 4.26. The highest BCUT2D eigenvalue weighted by Crippen LogP contribution is 2.25. The minimum Gasteiger partial charge on any atom is -0.408 e. The van der Waals surface area contributed by atoms with Crippen LogP contribution in [0.2, 0.25) is 5.02 Å². The molecule has 0 radical (unpaired) electrons. The van der Waals surface area contributed by atoms with Crippen LogP contribution in [0, 0.1) is 0 Å². The summed E-state index contributed by atoms with van der Waals surface area (Å²) < 4.78 is 5.55. The molecule has 2 aromatic rings. The van der Waals surface area contributed by atoms with Gasteiger partial charge in [-0.3, -0.25) is 0 Å². The Hall–Kier alpha value is -1.26. The summed E-state index contributed by atoms with van der Waals surface area (Å²) >= 11 is 11.5. The standard InChI is InChI=1S/C13H15Cl2N3O/c1-9(10-3-5-11(15)6-4-10)18(2)13-17-16-12(19-13)7-8-14/h3-6,9H,7-8H2,1-2H3. The minimum absolute atomic E-state index is 0.113. The van der Waals surface area contributed by atoms with E-state index in [1.54, 1.807) is 0 Å². The maximum atomic E-state index is 5.88. The molecule has 1 atom stereocenters. The number of hydrogen-bond acceptors (Lipinski definition) is 4. The molecule has 19 heavy (non-hydrogen) atoms. The maximum absolute atomic E-state index is 5.88. The van der Waals surface area contributed by atoms with Gasteiger partial charge in [0, 0.05) is 24.4 Å². The van der Waals surface area contributed by atoms with Crippen LogP contribution in [0.3, 0.4) is 0 Å². The van der Waals surface area contributed by atoms with Gasteiger partial charge in [0.1, 0.15) is 0 Å². The Morgan fingerprint density at radius 2 is 1.95 bits per heavy atom. The molecule has 0 saturated carbocycles. The normalized spacial score (nSPS) is 12.4. The average Bonchev–Trinajstić information content (AvgIpc) is 2.87. The summed E-state index contributed by atoms with van der Waals surface area (Å²) in [6, 6.07) is 8.31. The Morgan fingerprint density at radius 3 is 2.58 bits per heavy atom. The molecule has 0 amide bonds. The molecular weight excluding hydrogens is 285 g/mol. The molecule has 1 heterocycles. The van der Waals surface area contributed by atoms with E-state index < -0.39 is 0 Å². The number of aryl methyl sites for hydroxylation is 1. The van der Waals surface area contributed by atoms with Gasteiger partial charge in [-0.1, -0.05) is 28.8 Å². The van der Waals surface area contributed by atoms with Crippen molar-refractivity contribution in [2.24, 2.45) is 0 Å². The molecule has 0 fully saturated rings. The summed E-state index contributed by atoms with van der Waals surface area (Å²) in [5.74, 6) is 1.03. The zero-order chi connectivity index (χ0) is 13.8. The van der Waals surface area contributed by atoms with Crippen molar-refractivity contribution >= 4 is 29.2 Å². The fraction of sp³-hybridized carbons (Fsp3) is 0.385. The Morgan fingerprint density at radius 1 is 1.26 bits per heavy atom. The first-order chi connectivity index (χ1) is 9.11. The molecule has 102 valence electrons. The van der Waals surface area contributed by atoms with Crippen LogP contribution in [0.4, 0.5) is 6.01 Å². The largest absolute Gasteiger partial charge is 0.408 e. The minimum atomic E-state index is 0.113. The second kappa shape index (κ2) is 6.26. The van der Waals surface area contributed by atoms with Crippen molar-refractivity contribution < 1.29 is 4.42 Å². The van der Waals surface area contributed by atoms with Crippen LogP contribution < -0.4 is 4.90 Å². The lowest BCUT2D eigenvalue weighted by Crippen LogP contribution is -2.21. The number of alkyl halides is 1. The number of rotatable bonds is 5. The van der Waals surface area contributed by atoms with Gasteiger partial charge in [0.15, 0.2) is 0 Å². The van der Waals surface area contributed by atoms with Crippen molar-refractivity contribution in [3.63, 3.8) is 0 Å². The van der Waals surface area contributed by atoms with E-state index in [2.05, 4.69) is 17.1 Å². The van der Waals surface area contributed by atoms with E-state index in [0.717, 1.165) is 10.6 Å². The van der Waals surface area contributed by atoms with Gasteiger partial charge in [0.05, 0.1) is 6.04 Å². The summed E-state index contributed by atoms with van der Waals surface area (Å²) in [6.07, 6.45) is 0.581. The SMILES string of the molecule is CC(c1ccc(Cl)cc1)N(C)c1nnc(CCCl)o1. The molecule has 1 aromatic carbocycles. The van der Waals surface area contributed by atoms with Crippen LogP contribution in [0.25, 0.3) is 0 Å². The zero-order valence-corrected chi connectivity index (χ0v) is 12.3. The summed E-state index contributed by atoms with van der Waals surface area (Å²) in [4.78, 5) is 1.92. The average molecular weight is 300 g/mol. The highest BCUT2D eigenvalue weighted by Gasteiger charge is 2.17. The Bertz CT molecular complexity index is 527. The number of aromatic nitrogens is 2. The summed E-state index contributed by atoms with van der Waals surface area (Å²) in [5, 5.41) is 8.70. The van der Waals surface area contributed by atoms with Crippen molar-refractivity contribution in [1.29, 1.82) is 0 Å². The third-order valence-electron chi connectivity index (χ3n) is 3.00. The fourth-order valence-corrected chi connectivity index (χ4v) is 1.99. The summed E-state index contributed by atoms with van der Waals surface area (Å²) in [6.45, 7) is 2.06. The zero-order valence-electron chi connectivity index (χ0n) is 10.8. The van der Waals surface area contributed by atoms with Gasteiger partial charge in [-0.05, 0) is 24.6 Å². The summed E-state index contributed by atoms with van der Waals surface area (Å²) in [5.41, 5.74) is 1.13. The highest BCUT2D eigenvalue weighted by atomic mass is 35.5. The smallest absolute Gasteiger partial charge is 0.318 e. The number of halogens is 2. The molecule has 2 rings (SSSR count). The van der Waals surface area contributed by atoms with Gasteiger partial charge >= 0.3 is 6.01 Å². The molecule has 0 aliphatic carbocycles. The molecule has 6 heteroatoms. The number of benzene rings is 1. The first kappa shape index (κ1) is 14.2. The lowest BCUT2D eigenvalue weighted by molar-refractivity contribution is 0.484. The molecule has 1 aromatic heterocycles. The molecule has 4 nitrogen and oxygen atoms in total. The molecule has 0 bridgehead atoms. The molecule has 0 N–H and O–H groups in total. The van der Waals surface area contributed by atoms with Gasteiger partial charge in [-0.2, -0.15) is 0 Å². The second-order valence-corrected chi connectivity index (χ2v) is 5.07. The van der Waals surface area contributed by atoms with Crippen LogP contribution in [-0.4, -0.2) is 23.1 Å². The van der Waals surface area contributed by atoms with Gasteiger partial charge in [0.2, 0.25) is 5.89 Å². The van der Waals surface area contributed by atoms with Crippen LogP contribution in [-0.2, 0) is 6.42 Å². The van der Waals surface area contributed by atoms with Crippen molar-refractivity contribution in [2.75, 3.05) is 17.8 Å². The van der Waals surface area contributed by atoms with E-state index in [9.17, 15) is 0 Å². The van der Waals surface area contributed by atoms with Crippen molar-refractivity contribution in [2.45, 2.75) is 19.4 Å². The molecule has 0 aliphatic heterocycles. The lowest BCUT2D eigenvalue weighted by atomic mass is 10.1. The topological polar surface area (TPSA) is 42.2 Å². The van der Waals surface area contributed by atoms with Gasteiger partial charge in [0.25, 0.3) is 0 Å². The van der Waals surface area contributed by atoms with Crippen LogP contribution >= 0.6 is 23.2 Å². The predicted molar refractivity (Wildman–Crippen MR) is 77.0 cm³/mol. The third-order valence-corrected chi connectivity index (χ3v) is 3.44. The van der Waals surface area contributed by atoms with E-state index in [1.807, 2.05) is 36.2 Å². The molecule has 1 unspecified atom stereocenters. The van der Waals surface area contributed by atoms with Crippen molar-refractivity contribution in [3.05, 3.63) is 40.7 Å². The van der Waals surface area contributed by atoms with Crippen molar-refractivity contribution in [1.82, 2.24) is 10.2 Å². The Labute approximate surface area is 122 Å². The predicted octanol–water partition coefficient (Wildman–Crippen LogP) is 3.70. The van der Waals surface area contributed by atoms with E-state index in [1.165, 1.54) is 0 Å². The number of hydrogen-bond donors (Lipinski definition) is 0. The monoisotopic (exact) mass is 299 g/mol.